The van der Waals surface area contributed by atoms with Gasteiger partial charge in [-0.2, -0.15) is 0 Å². The summed E-state index contributed by atoms with van der Waals surface area (Å²) in [5.74, 6) is -4.12. The Hall–Kier alpha value is -1.88. The first-order valence-electron chi connectivity index (χ1n) is 5.57. The van der Waals surface area contributed by atoms with Crippen LogP contribution in [0.25, 0.3) is 0 Å². The number of hydrogen-bond donors (Lipinski definition) is 1. The van der Waals surface area contributed by atoms with Crippen molar-refractivity contribution >= 4 is 0 Å². The van der Waals surface area contributed by atoms with Gasteiger partial charge in [-0.05, 0) is 18.6 Å². The molecule has 1 unspecified atom stereocenters. The lowest BCUT2D eigenvalue weighted by molar-refractivity contribution is 0.486. The van der Waals surface area contributed by atoms with E-state index < -0.39 is 29.3 Å². The minimum Gasteiger partial charge on any atom is -0.320 e. The first-order chi connectivity index (χ1) is 8.91. The van der Waals surface area contributed by atoms with Crippen LogP contribution in [0, 0.1) is 30.2 Å². The second kappa shape index (κ2) is 5.01. The number of nitrogens with two attached hydrogens (primary N) is 1. The highest BCUT2D eigenvalue weighted by molar-refractivity contribution is 5.36. The zero-order chi connectivity index (χ0) is 14.2. The van der Waals surface area contributed by atoms with Crippen molar-refractivity contribution in [2.45, 2.75) is 13.0 Å². The molecule has 0 fully saturated rings. The number of halogens is 4. The van der Waals surface area contributed by atoms with Gasteiger partial charge < -0.3 is 5.73 Å². The molecule has 2 aromatic rings. The summed E-state index contributed by atoms with van der Waals surface area (Å²) in [7, 11) is 0. The normalized spacial score (nSPS) is 12.5. The van der Waals surface area contributed by atoms with E-state index >= 15 is 0 Å². The average molecular weight is 269 g/mol. The van der Waals surface area contributed by atoms with Crippen LogP contribution >= 0.6 is 0 Å². The molecule has 100 valence electrons. The highest BCUT2D eigenvalue weighted by Gasteiger charge is 2.20. The molecule has 0 aliphatic carbocycles. The fraction of sp³-hybridized carbons (Fsp3) is 0.143. The lowest BCUT2D eigenvalue weighted by atomic mass is 9.97. The molecule has 2 N–H and O–H groups in total. The average Bonchev–Trinajstić information content (AvgIpc) is 2.36. The van der Waals surface area contributed by atoms with Crippen molar-refractivity contribution in [3.8, 4) is 0 Å². The van der Waals surface area contributed by atoms with Crippen LogP contribution in [0.3, 0.4) is 0 Å². The predicted octanol–water partition coefficient (Wildman–Crippen LogP) is 3.60. The Kier molecular flexibility index (Phi) is 3.57. The molecule has 0 spiro atoms. The zero-order valence-corrected chi connectivity index (χ0v) is 10.1. The third kappa shape index (κ3) is 2.46. The fourth-order valence-corrected chi connectivity index (χ4v) is 1.85. The van der Waals surface area contributed by atoms with Crippen LogP contribution in [-0.2, 0) is 0 Å². The van der Waals surface area contributed by atoms with Crippen LogP contribution in [0.5, 0.6) is 0 Å². The molecule has 0 aliphatic rings. The maximum Gasteiger partial charge on any atom is 0.161 e. The SMILES string of the molecule is Cc1cccc(C(N)c2cc(F)c(F)cc2F)c1F. The van der Waals surface area contributed by atoms with E-state index in [0.717, 1.165) is 0 Å². The Morgan fingerprint density at radius 2 is 1.53 bits per heavy atom. The molecule has 0 aromatic heterocycles. The molecule has 0 amide bonds. The van der Waals surface area contributed by atoms with Gasteiger partial charge in [-0.25, -0.2) is 17.6 Å². The summed E-state index contributed by atoms with van der Waals surface area (Å²) in [4.78, 5) is 0. The van der Waals surface area contributed by atoms with Gasteiger partial charge in [-0.15, -0.1) is 0 Å². The zero-order valence-electron chi connectivity index (χ0n) is 10.1. The molecule has 1 nitrogen and oxygen atoms in total. The topological polar surface area (TPSA) is 26.0 Å². The predicted molar refractivity (Wildman–Crippen MR) is 63.5 cm³/mol. The Labute approximate surface area is 107 Å². The van der Waals surface area contributed by atoms with Crippen molar-refractivity contribution in [1.29, 1.82) is 0 Å². The summed E-state index contributed by atoms with van der Waals surface area (Å²) < 4.78 is 53.4. The van der Waals surface area contributed by atoms with Crippen LogP contribution in [-0.4, -0.2) is 0 Å². The Morgan fingerprint density at radius 1 is 0.895 bits per heavy atom. The molecule has 19 heavy (non-hydrogen) atoms. The van der Waals surface area contributed by atoms with E-state index in [1.54, 1.807) is 6.07 Å². The van der Waals surface area contributed by atoms with Crippen LogP contribution in [0.1, 0.15) is 22.7 Å². The second-order valence-corrected chi connectivity index (χ2v) is 4.24. The van der Waals surface area contributed by atoms with Crippen LogP contribution in [0.2, 0.25) is 0 Å². The van der Waals surface area contributed by atoms with E-state index in [2.05, 4.69) is 0 Å². The molecule has 2 rings (SSSR count). The summed E-state index contributed by atoms with van der Waals surface area (Å²) in [6.45, 7) is 1.53. The summed E-state index contributed by atoms with van der Waals surface area (Å²) >= 11 is 0. The first kappa shape index (κ1) is 13.5. The van der Waals surface area contributed by atoms with E-state index in [0.29, 0.717) is 17.7 Å². The van der Waals surface area contributed by atoms with Crippen molar-refractivity contribution in [2.24, 2.45) is 5.73 Å². The molecule has 5 heteroatoms. The highest BCUT2D eigenvalue weighted by Crippen LogP contribution is 2.27. The minimum absolute atomic E-state index is 0.0323. The maximum absolute atomic E-state index is 13.9. The van der Waals surface area contributed by atoms with Crippen molar-refractivity contribution in [1.82, 2.24) is 0 Å². The fourth-order valence-electron chi connectivity index (χ4n) is 1.85. The van der Waals surface area contributed by atoms with Crippen molar-refractivity contribution in [3.05, 3.63) is 70.3 Å². The van der Waals surface area contributed by atoms with Crippen LogP contribution in [0.4, 0.5) is 17.6 Å². The van der Waals surface area contributed by atoms with E-state index in [-0.39, 0.29) is 11.1 Å². The third-order valence-corrected chi connectivity index (χ3v) is 2.93. The first-order valence-corrected chi connectivity index (χ1v) is 5.57. The lowest BCUT2D eigenvalue weighted by Crippen LogP contribution is -2.16. The van der Waals surface area contributed by atoms with Gasteiger partial charge in [0.2, 0.25) is 0 Å². The largest absolute Gasteiger partial charge is 0.320 e. The molecular weight excluding hydrogens is 258 g/mol. The van der Waals surface area contributed by atoms with Gasteiger partial charge in [-0.3, -0.25) is 0 Å². The molecule has 0 saturated heterocycles. The van der Waals surface area contributed by atoms with E-state index in [1.165, 1.54) is 19.1 Å². The van der Waals surface area contributed by atoms with Gasteiger partial charge >= 0.3 is 0 Å². The standard InChI is InChI=1S/C14H11F4N/c1-7-3-2-4-8(13(7)18)14(19)9-5-11(16)12(17)6-10(9)15/h2-6,14H,19H2,1H3. The van der Waals surface area contributed by atoms with Crippen molar-refractivity contribution < 1.29 is 17.6 Å². The summed E-state index contributed by atoms with van der Waals surface area (Å²) in [5.41, 5.74) is 5.82. The van der Waals surface area contributed by atoms with Gasteiger partial charge in [0.15, 0.2) is 11.6 Å². The number of benzene rings is 2. The summed E-state index contributed by atoms with van der Waals surface area (Å²) in [6.07, 6.45) is 0. The van der Waals surface area contributed by atoms with Gasteiger partial charge in [-0.1, -0.05) is 18.2 Å². The minimum atomic E-state index is -1.31. The summed E-state index contributed by atoms with van der Waals surface area (Å²) in [5, 5.41) is 0. The third-order valence-electron chi connectivity index (χ3n) is 2.93. The molecule has 0 radical (unpaired) electrons. The summed E-state index contributed by atoms with van der Waals surface area (Å²) in [6, 6.07) is 4.33. The Bertz CT molecular complexity index is 625. The van der Waals surface area contributed by atoms with Crippen molar-refractivity contribution in [2.75, 3.05) is 0 Å². The van der Waals surface area contributed by atoms with E-state index in [1.807, 2.05) is 0 Å². The number of rotatable bonds is 2. The molecular formula is C14H11F4N. The maximum atomic E-state index is 13.9. The smallest absolute Gasteiger partial charge is 0.161 e. The molecule has 0 aliphatic heterocycles. The van der Waals surface area contributed by atoms with E-state index in [9.17, 15) is 17.6 Å². The van der Waals surface area contributed by atoms with Crippen molar-refractivity contribution in [3.63, 3.8) is 0 Å². The quantitative estimate of drug-likeness (QED) is 0.654. The number of hydrogen-bond acceptors (Lipinski definition) is 1. The van der Waals surface area contributed by atoms with E-state index in [4.69, 9.17) is 5.73 Å². The highest BCUT2D eigenvalue weighted by atomic mass is 19.2. The lowest BCUT2D eigenvalue weighted by Gasteiger charge is -2.15. The molecule has 0 heterocycles. The molecule has 1 atom stereocenters. The second-order valence-electron chi connectivity index (χ2n) is 4.24. The number of aryl methyl sites for hydroxylation is 1. The monoisotopic (exact) mass is 269 g/mol. The van der Waals surface area contributed by atoms with Gasteiger partial charge in [0.05, 0.1) is 6.04 Å². The molecule has 0 saturated carbocycles. The molecule has 2 aromatic carbocycles. The van der Waals surface area contributed by atoms with Crippen LogP contribution in [0.15, 0.2) is 30.3 Å². The Morgan fingerprint density at radius 3 is 2.21 bits per heavy atom. The van der Waals surface area contributed by atoms with Gasteiger partial charge in [0, 0.05) is 17.2 Å². The Balaban J connectivity index is 2.53. The molecule has 0 bridgehead atoms. The van der Waals surface area contributed by atoms with Gasteiger partial charge in [0.25, 0.3) is 0 Å². The van der Waals surface area contributed by atoms with Gasteiger partial charge in [0.1, 0.15) is 11.6 Å². The van der Waals surface area contributed by atoms with Crippen LogP contribution < -0.4 is 5.73 Å².